The van der Waals surface area contributed by atoms with Gasteiger partial charge in [0, 0.05) is 51.2 Å². The first-order chi connectivity index (χ1) is 12.4. The highest BCUT2D eigenvalue weighted by Gasteiger charge is 2.26. The molecule has 0 spiro atoms. The van der Waals surface area contributed by atoms with Gasteiger partial charge in [-0.15, -0.1) is 0 Å². The van der Waals surface area contributed by atoms with Gasteiger partial charge in [-0.25, -0.2) is 0 Å². The first kappa shape index (κ1) is 18.4. The molecule has 1 unspecified atom stereocenters. The van der Waals surface area contributed by atoms with Gasteiger partial charge in [-0.3, -0.25) is 14.5 Å². The van der Waals surface area contributed by atoms with Crippen molar-refractivity contribution in [2.45, 2.75) is 32.9 Å². The molecule has 2 aromatic rings. The van der Waals surface area contributed by atoms with E-state index >= 15 is 0 Å². The fourth-order valence-electron chi connectivity index (χ4n) is 3.11. The normalized spacial score (nSPS) is 17.4. The number of amides is 1. The standard InChI is InChI=1S/C19H27N5O2/c1-14-5-7-24(21-14)8-6-19(25)23-9-10-26-18(13-23)17-12-16(22(3)4)11-15(2)20-17/h5,7,11-12,18H,6,8-10,13H2,1-4H3. The van der Waals surface area contributed by atoms with Crippen molar-refractivity contribution in [2.75, 3.05) is 38.7 Å². The number of pyridine rings is 1. The molecule has 26 heavy (non-hydrogen) atoms. The lowest BCUT2D eigenvalue weighted by molar-refractivity contribution is -0.139. The lowest BCUT2D eigenvalue weighted by Gasteiger charge is -2.33. The van der Waals surface area contributed by atoms with E-state index in [9.17, 15) is 4.79 Å². The third kappa shape index (κ3) is 4.40. The summed E-state index contributed by atoms with van der Waals surface area (Å²) >= 11 is 0. The number of carbonyl (C=O) groups excluding carboxylic acids is 1. The van der Waals surface area contributed by atoms with E-state index < -0.39 is 0 Å². The minimum atomic E-state index is -0.182. The van der Waals surface area contributed by atoms with Gasteiger partial charge in [0.05, 0.1) is 24.5 Å². The smallest absolute Gasteiger partial charge is 0.224 e. The Hall–Kier alpha value is -2.41. The molecule has 0 aromatic carbocycles. The van der Waals surface area contributed by atoms with Crippen LogP contribution in [0.15, 0.2) is 24.4 Å². The highest BCUT2D eigenvalue weighted by atomic mass is 16.5. The van der Waals surface area contributed by atoms with E-state index in [2.05, 4.69) is 15.0 Å². The van der Waals surface area contributed by atoms with Gasteiger partial charge in [-0.1, -0.05) is 0 Å². The molecule has 0 saturated carbocycles. The molecule has 1 fully saturated rings. The summed E-state index contributed by atoms with van der Waals surface area (Å²) in [6, 6.07) is 6.03. The van der Waals surface area contributed by atoms with Crippen LogP contribution < -0.4 is 4.90 Å². The molecule has 0 aliphatic carbocycles. The Morgan fingerprint density at radius 1 is 1.31 bits per heavy atom. The van der Waals surface area contributed by atoms with Gasteiger partial charge in [0.15, 0.2) is 0 Å². The number of rotatable bonds is 5. The molecule has 1 aliphatic heterocycles. The van der Waals surface area contributed by atoms with Crippen molar-refractivity contribution < 1.29 is 9.53 Å². The number of nitrogens with zero attached hydrogens (tertiary/aromatic N) is 5. The topological polar surface area (TPSA) is 63.5 Å². The van der Waals surface area contributed by atoms with Crippen LogP contribution >= 0.6 is 0 Å². The van der Waals surface area contributed by atoms with Crippen LogP contribution in [0.2, 0.25) is 0 Å². The van der Waals surface area contributed by atoms with E-state index in [-0.39, 0.29) is 12.0 Å². The monoisotopic (exact) mass is 357 g/mol. The van der Waals surface area contributed by atoms with E-state index in [0.717, 1.165) is 22.8 Å². The molecule has 0 bridgehead atoms. The lowest BCUT2D eigenvalue weighted by Crippen LogP contribution is -2.42. The predicted octanol–water partition coefficient (Wildman–Crippen LogP) is 1.95. The summed E-state index contributed by atoms with van der Waals surface area (Å²) in [6.07, 6.45) is 2.17. The van der Waals surface area contributed by atoms with Gasteiger partial charge in [0.25, 0.3) is 0 Å². The van der Waals surface area contributed by atoms with Gasteiger partial charge in [-0.2, -0.15) is 5.10 Å². The maximum atomic E-state index is 12.6. The fraction of sp³-hybridized carbons (Fsp3) is 0.526. The number of morpholine rings is 1. The van der Waals surface area contributed by atoms with Crippen molar-refractivity contribution in [3.05, 3.63) is 41.5 Å². The maximum absolute atomic E-state index is 12.6. The molecule has 0 radical (unpaired) electrons. The number of hydrogen-bond donors (Lipinski definition) is 0. The van der Waals surface area contributed by atoms with Crippen molar-refractivity contribution in [1.82, 2.24) is 19.7 Å². The predicted molar refractivity (Wildman–Crippen MR) is 100 cm³/mol. The minimum absolute atomic E-state index is 0.131. The molecule has 1 amide bonds. The summed E-state index contributed by atoms with van der Waals surface area (Å²) in [4.78, 5) is 21.2. The third-order valence-corrected chi connectivity index (χ3v) is 4.55. The molecule has 0 N–H and O–H groups in total. The van der Waals surface area contributed by atoms with Gasteiger partial charge in [0.1, 0.15) is 6.10 Å². The molecule has 140 valence electrons. The number of anilines is 1. The van der Waals surface area contributed by atoms with Crippen LogP contribution in [0.25, 0.3) is 0 Å². The van der Waals surface area contributed by atoms with Crippen LogP contribution in [0.3, 0.4) is 0 Å². The zero-order valence-electron chi connectivity index (χ0n) is 16.0. The highest BCUT2D eigenvalue weighted by molar-refractivity contribution is 5.76. The maximum Gasteiger partial charge on any atom is 0.224 e. The van der Waals surface area contributed by atoms with E-state index in [1.165, 1.54) is 0 Å². The molecule has 1 aliphatic rings. The van der Waals surface area contributed by atoms with Crippen molar-refractivity contribution in [1.29, 1.82) is 0 Å². The first-order valence-electron chi connectivity index (χ1n) is 8.98. The summed E-state index contributed by atoms with van der Waals surface area (Å²) in [5.74, 6) is 0.131. The third-order valence-electron chi connectivity index (χ3n) is 4.55. The summed E-state index contributed by atoms with van der Waals surface area (Å²) in [7, 11) is 4.01. The molecule has 3 rings (SSSR count). The number of aryl methyl sites for hydroxylation is 3. The molecule has 3 heterocycles. The molecule has 2 aromatic heterocycles. The number of carbonyl (C=O) groups is 1. The van der Waals surface area contributed by atoms with E-state index in [4.69, 9.17) is 4.74 Å². The van der Waals surface area contributed by atoms with Crippen LogP contribution in [-0.4, -0.2) is 59.4 Å². The van der Waals surface area contributed by atoms with Gasteiger partial charge >= 0.3 is 0 Å². The SMILES string of the molecule is Cc1cc(N(C)C)cc(C2CN(C(=O)CCn3ccc(C)n3)CCO2)n1. The van der Waals surface area contributed by atoms with Crippen molar-refractivity contribution in [3.63, 3.8) is 0 Å². The molecular formula is C19H27N5O2. The fourth-order valence-corrected chi connectivity index (χ4v) is 3.11. The summed E-state index contributed by atoms with van der Waals surface area (Å²) in [5.41, 5.74) is 3.89. The Bertz CT molecular complexity index is 771. The average Bonchev–Trinajstić information content (AvgIpc) is 3.04. The summed E-state index contributed by atoms with van der Waals surface area (Å²) in [6.45, 7) is 6.22. The number of hydrogen-bond acceptors (Lipinski definition) is 5. The molecule has 1 atom stereocenters. The first-order valence-corrected chi connectivity index (χ1v) is 8.98. The van der Waals surface area contributed by atoms with Crippen LogP contribution in [0.5, 0.6) is 0 Å². The van der Waals surface area contributed by atoms with Crippen molar-refractivity contribution >= 4 is 11.6 Å². The van der Waals surface area contributed by atoms with E-state index in [1.807, 2.05) is 61.9 Å². The molecule has 7 heteroatoms. The second-order valence-electron chi connectivity index (χ2n) is 6.96. The van der Waals surface area contributed by atoms with Crippen molar-refractivity contribution in [2.24, 2.45) is 0 Å². The van der Waals surface area contributed by atoms with Crippen LogP contribution in [-0.2, 0) is 16.1 Å². The van der Waals surface area contributed by atoms with Crippen LogP contribution in [0, 0.1) is 13.8 Å². The highest BCUT2D eigenvalue weighted by Crippen LogP contribution is 2.25. The molecule has 7 nitrogen and oxygen atoms in total. The Morgan fingerprint density at radius 2 is 2.12 bits per heavy atom. The Kier molecular flexibility index (Phi) is 5.56. The zero-order chi connectivity index (χ0) is 18.7. The molecule has 1 saturated heterocycles. The van der Waals surface area contributed by atoms with Gasteiger partial charge in [-0.05, 0) is 32.0 Å². The largest absolute Gasteiger partial charge is 0.378 e. The average molecular weight is 357 g/mol. The Morgan fingerprint density at radius 3 is 2.81 bits per heavy atom. The van der Waals surface area contributed by atoms with E-state index in [1.54, 1.807) is 0 Å². The van der Waals surface area contributed by atoms with Gasteiger partial charge in [0.2, 0.25) is 5.91 Å². The lowest BCUT2D eigenvalue weighted by atomic mass is 10.1. The Balaban J connectivity index is 1.64. The van der Waals surface area contributed by atoms with Crippen molar-refractivity contribution in [3.8, 4) is 0 Å². The van der Waals surface area contributed by atoms with Gasteiger partial charge < -0.3 is 14.5 Å². The second kappa shape index (κ2) is 7.86. The van der Waals surface area contributed by atoms with Crippen LogP contribution in [0.4, 0.5) is 5.69 Å². The quantitative estimate of drug-likeness (QED) is 0.818. The summed E-state index contributed by atoms with van der Waals surface area (Å²) < 4.78 is 7.72. The molecular weight excluding hydrogens is 330 g/mol. The zero-order valence-corrected chi connectivity index (χ0v) is 16.0. The minimum Gasteiger partial charge on any atom is -0.378 e. The van der Waals surface area contributed by atoms with E-state index in [0.29, 0.717) is 32.7 Å². The number of aromatic nitrogens is 3. The Labute approximate surface area is 154 Å². The summed E-state index contributed by atoms with van der Waals surface area (Å²) in [5, 5.41) is 4.33. The van der Waals surface area contributed by atoms with Crippen LogP contribution in [0.1, 0.15) is 29.6 Å². The second-order valence-corrected chi connectivity index (χ2v) is 6.96. The number of ether oxygens (including phenoxy) is 1.